The van der Waals surface area contributed by atoms with Gasteiger partial charge in [0.05, 0.1) is 19.3 Å². The quantitative estimate of drug-likeness (QED) is 0.633. The van der Waals surface area contributed by atoms with Crippen molar-refractivity contribution in [2.45, 2.75) is 31.0 Å². The van der Waals surface area contributed by atoms with E-state index in [0.717, 1.165) is 0 Å². The van der Waals surface area contributed by atoms with Crippen molar-refractivity contribution < 1.29 is 19.3 Å². The van der Waals surface area contributed by atoms with Crippen LogP contribution in [0.4, 0.5) is 0 Å². The fourth-order valence-electron chi connectivity index (χ4n) is 1.71. The van der Waals surface area contributed by atoms with Crippen LogP contribution in [-0.2, 0) is 14.2 Å². The van der Waals surface area contributed by atoms with E-state index >= 15 is 0 Å². The molecule has 1 N–H and O–H groups in total. The van der Waals surface area contributed by atoms with Crippen LogP contribution in [0.25, 0.3) is 0 Å². The molecular weight excluding hydrogens is 172 g/mol. The summed E-state index contributed by atoms with van der Waals surface area (Å²) in [5, 5.41) is 9.51. The summed E-state index contributed by atoms with van der Waals surface area (Å²) in [7, 11) is 0. The van der Waals surface area contributed by atoms with Gasteiger partial charge in [-0.3, -0.25) is 0 Å². The van der Waals surface area contributed by atoms with Crippen molar-refractivity contribution in [1.82, 2.24) is 0 Å². The van der Waals surface area contributed by atoms with Gasteiger partial charge in [-0.1, -0.05) is 6.08 Å². The molecule has 74 valence electrons. The number of rotatable bonds is 3. The maximum absolute atomic E-state index is 9.51. The van der Waals surface area contributed by atoms with Crippen LogP contribution in [0.15, 0.2) is 12.7 Å². The maximum Gasteiger partial charge on any atom is 0.184 e. The van der Waals surface area contributed by atoms with Gasteiger partial charge < -0.3 is 19.3 Å². The highest BCUT2D eigenvalue weighted by Crippen LogP contribution is 2.29. The van der Waals surface area contributed by atoms with E-state index in [0.29, 0.717) is 19.6 Å². The van der Waals surface area contributed by atoms with E-state index in [-0.39, 0.29) is 12.2 Å². The van der Waals surface area contributed by atoms with Crippen molar-refractivity contribution in [2.75, 3.05) is 13.2 Å². The first-order valence-electron chi connectivity index (χ1n) is 4.49. The summed E-state index contributed by atoms with van der Waals surface area (Å²) < 4.78 is 16.1. The number of aliphatic hydroxyl groups is 1. The van der Waals surface area contributed by atoms with Gasteiger partial charge in [0.2, 0.25) is 0 Å². The Labute approximate surface area is 77.1 Å². The van der Waals surface area contributed by atoms with Gasteiger partial charge in [0.15, 0.2) is 6.29 Å². The number of hydrogen-bond acceptors (Lipinski definition) is 4. The number of ether oxygens (including phenoxy) is 3. The van der Waals surface area contributed by atoms with Crippen LogP contribution in [0.1, 0.15) is 6.42 Å². The minimum Gasteiger partial charge on any atom is -0.388 e. The number of hydrogen-bond donors (Lipinski definition) is 1. The zero-order valence-electron chi connectivity index (χ0n) is 7.39. The van der Waals surface area contributed by atoms with Crippen LogP contribution in [0.5, 0.6) is 0 Å². The van der Waals surface area contributed by atoms with E-state index < -0.39 is 12.4 Å². The van der Waals surface area contributed by atoms with Gasteiger partial charge in [-0.05, 0) is 0 Å². The summed E-state index contributed by atoms with van der Waals surface area (Å²) in [5.41, 5.74) is 0. The number of fused-ring (bicyclic) bond motifs is 2. The molecule has 2 rings (SSSR count). The first-order chi connectivity index (χ1) is 6.31. The molecule has 0 saturated carbocycles. The summed E-state index contributed by atoms with van der Waals surface area (Å²) in [4.78, 5) is 0. The van der Waals surface area contributed by atoms with Crippen LogP contribution >= 0.6 is 0 Å². The second-order valence-corrected chi connectivity index (χ2v) is 3.34. The Morgan fingerprint density at radius 3 is 3.23 bits per heavy atom. The molecule has 0 spiro atoms. The fraction of sp³-hybridized carbons (Fsp3) is 0.778. The Kier molecular flexibility index (Phi) is 2.64. The predicted octanol–water partition coefficient (Wildman–Crippen LogP) is 0.0637. The Hall–Kier alpha value is -0.420. The van der Waals surface area contributed by atoms with Crippen molar-refractivity contribution in [3.05, 3.63) is 12.7 Å². The Bertz CT molecular complexity index is 194. The van der Waals surface area contributed by atoms with Gasteiger partial charge in [-0.2, -0.15) is 0 Å². The lowest BCUT2D eigenvalue weighted by Gasteiger charge is -2.30. The molecule has 2 heterocycles. The average Bonchev–Trinajstić information content (AvgIpc) is 2.55. The second kappa shape index (κ2) is 3.75. The van der Waals surface area contributed by atoms with Gasteiger partial charge in [0.25, 0.3) is 0 Å². The van der Waals surface area contributed by atoms with Crippen LogP contribution in [0, 0.1) is 0 Å². The van der Waals surface area contributed by atoms with E-state index in [4.69, 9.17) is 14.2 Å². The first kappa shape index (κ1) is 9.15. The second-order valence-electron chi connectivity index (χ2n) is 3.34. The molecule has 4 nitrogen and oxygen atoms in total. The fourth-order valence-corrected chi connectivity index (χ4v) is 1.71. The Morgan fingerprint density at radius 2 is 2.46 bits per heavy atom. The molecule has 13 heavy (non-hydrogen) atoms. The molecule has 0 amide bonds. The first-order valence-corrected chi connectivity index (χ1v) is 4.49. The Balaban J connectivity index is 1.92. The lowest BCUT2D eigenvalue weighted by molar-refractivity contribution is -0.188. The van der Waals surface area contributed by atoms with E-state index in [1.165, 1.54) is 0 Å². The molecule has 0 aliphatic carbocycles. The zero-order chi connectivity index (χ0) is 9.26. The van der Waals surface area contributed by atoms with Gasteiger partial charge in [0, 0.05) is 6.42 Å². The van der Waals surface area contributed by atoms with Gasteiger partial charge >= 0.3 is 0 Å². The standard InChI is InChI=1S/C9H14O4/c1-2-3-11-7-4-6(10)9-12-5-8(7)13-9/h2,6-10H,1,3-5H2. The third kappa shape index (κ3) is 1.76. The topological polar surface area (TPSA) is 47.9 Å². The highest BCUT2D eigenvalue weighted by Gasteiger charge is 2.43. The molecule has 4 unspecified atom stereocenters. The van der Waals surface area contributed by atoms with Crippen LogP contribution < -0.4 is 0 Å². The minimum absolute atomic E-state index is 0.0200. The van der Waals surface area contributed by atoms with Crippen LogP contribution in [0.2, 0.25) is 0 Å². The maximum atomic E-state index is 9.51. The summed E-state index contributed by atoms with van der Waals surface area (Å²) in [5.74, 6) is 0. The van der Waals surface area contributed by atoms with E-state index in [2.05, 4.69) is 6.58 Å². The molecule has 4 heteroatoms. The molecular formula is C9H14O4. The van der Waals surface area contributed by atoms with Crippen LogP contribution in [-0.4, -0.2) is 42.9 Å². The molecule has 0 aromatic carbocycles. The molecule has 0 radical (unpaired) electrons. The third-order valence-electron chi connectivity index (χ3n) is 2.36. The van der Waals surface area contributed by atoms with E-state index in [1.807, 2.05) is 0 Å². The largest absolute Gasteiger partial charge is 0.388 e. The lowest BCUT2D eigenvalue weighted by Crippen LogP contribution is -2.43. The summed E-state index contributed by atoms with van der Waals surface area (Å²) >= 11 is 0. The van der Waals surface area contributed by atoms with Gasteiger partial charge in [-0.25, -0.2) is 0 Å². The molecule has 2 aliphatic rings. The van der Waals surface area contributed by atoms with Crippen molar-refractivity contribution in [2.24, 2.45) is 0 Å². The van der Waals surface area contributed by atoms with E-state index in [1.54, 1.807) is 6.08 Å². The van der Waals surface area contributed by atoms with Crippen LogP contribution in [0.3, 0.4) is 0 Å². The minimum atomic E-state index is -0.562. The number of aliphatic hydroxyl groups excluding tert-OH is 1. The molecule has 2 bridgehead atoms. The smallest absolute Gasteiger partial charge is 0.184 e. The van der Waals surface area contributed by atoms with E-state index in [9.17, 15) is 5.11 Å². The molecule has 2 saturated heterocycles. The van der Waals surface area contributed by atoms with Crippen molar-refractivity contribution >= 4 is 0 Å². The van der Waals surface area contributed by atoms with Gasteiger partial charge in [0.1, 0.15) is 12.2 Å². The monoisotopic (exact) mass is 186 g/mol. The molecule has 0 aromatic rings. The van der Waals surface area contributed by atoms with Crippen molar-refractivity contribution in [3.63, 3.8) is 0 Å². The lowest BCUT2D eigenvalue weighted by atomic mass is 10.0. The molecule has 4 atom stereocenters. The predicted molar refractivity (Wildman–Crippen MR) is 45.2 cm³/mol. The highest BCUT2D eigenvalue weighted by molar-refractivity contribution is 4.87. The highest BCUT2D eigenvalue weighted by atomic mass is 16.7. The summed E-state index contributed by atoms with van der Waals surface area (Å²) in [6.45, 7) is 4.57. The third-order valence-corrected chi connectivity index (χ3v) is 2.36. The van der Waals surface area contributed by atoms with Gasteiger partial charge in [-0.15, -0.1) is 6.58 Å². The Morgan fingerprint density at radius 1 is 1.62 bits per heavy atom. The average molecular weight is 186 g/mol. The molecule has 2 fully saturated rings. The normalized spacial score (nSPS) is 43.5. The summed E-state index contributed by atoms with van der Waals surface area (Å²) in [6.07, 6.45) is 1.19. The SMILES string of the molecule is C=CCOC1CC(O)C2OCC1O2. The molecule has 2 aliphatic heterocycles. The van der Waals surface area contributed by atoms with Crippen molar-refractivity contribution in [1.29, 1.82) is 0 Å². The summed E-state index contributed by atoms with van der Waals surface area (Å²) in [6, 6.07) is 0. The van der Waals surface area contributed by atoms with Crippen molar-refractivity contribution in [3.8, 4) is 0 Å². The molecule has 0 aromatic heterocycles. The zero-order valence-corrected chi connectivity index (χ0v) is 7.39.